The Morgan fingerprint density at radius 1 is 1.57 bits per heavy atom. The van der Waals surface area contributed by atoms with Gasteiger partial charge in [-0.05, 0) is 28.4 Å². The van der Waals surface area contributed by atoms with Crippen LogP contribution in [0.25, 0.3) is 0 Å². The van der Waals surface area contributed by atoms with Crippen LogP contribution in [0.2, 0.25) is 0 Å². The highest BCUT2D eigenvalue weighted by Crippen LogP contribution is 2.29. The van der Waals surface area contributed by atoms with Crippen LogP contribution >= 0.6 is 27.3 Å². The second kappa shape index (κ2) is 4.74. The number of aryl methyl sites for hydroxylation is 1. The molecule has 1 heterocycles. The highest BCUT2D eigenvalue weighted by Gasteiger charge is 2.09. The van der Waals surface area contributed by atoms with Gasteiger partial charge in [0, 0.05) is 10.4 Å². The van der Waals surface area contributed by atoms with E-state index in [0.717, 1.165) is 22.0 Å². The van der Waals surface area contributed by atoms with Crippen LogP contribution in [0, 0.1) is 0 Å². The predicted molar refractivity (Wildman–Crippen MR) is 61.0 cm³/mol. The number of hydrogen-bond donors (Lipinski definition) is 0. The van der Waals surface area contributed by atoms with Crippen LogP contribution in [0.4, 0.5) is 0 Å². The minimum atomic E-state index is -3.35. The van der Waals surface area contributed by atoms with E-state index < -0.39 is 10.1 Å². The Labute approximate surface area is 96.3 Å². The van der Waals surface area contributed by atoms with E-state index >= 15 is 0 Å². The molecule has 0 aromatic carbocycles. The number of thiophene rings is 1. The van der Waals surface area contributed by atoms with Gasteiger partial charge in [-0.1, -0.05) is 6.92 Å². The van der Waals surface area contributed by atoms with E-state index in [9.17, 15) is 8.42 Å². The van der Waals surface area contributed by atoms with E-state index in [1.54, 1.807) is 11.3 Å². The molecule has 0 N–H and O–H groups in total. The number of hydrogen-bond acceptors (Lipinski definition) is 4. The molecular weight excluding hydrogens is 288 g/mol. The smallest absolute Gasteiger partial charge is 0.264 e. The molecule has 1 aromatic heterocycles. The monoisotopic (exact) mass is 298 g/mol. The summed E-state index contributed by atoms with van der Waals surface area (Å²) in [5.74, 6) is 0. The Morgan fingerprint density at radius 3 is 2.64 bits per heavy atom. The molecule has 0 radical (unpaired) electrons. The van der Waals surface area contributed by atoms with Crippen molar-refractivity contribution < 1.29 is 12.6 Å². The Hall–Kier alpha value is 0.0900. The average molecular weight is 299 g/mol. The van der Waals surface area contributed by atoms with Gasteiger partial charge in [0.05, 0.1) is 16.6 Å². The van der Waals surface area contributed by atoms with Gasteiger partial charge in [0.25, 0.3) is 10.1 Å². The molecule has 0 spiro atoms. The maximum absolute atomic E-state index is 10.8. The molecule has 0 saturated carbocycles. The Kier molecular flexibility index (Phi) is 4.12. The van der Waals surface area contributed by atoms with Crippen molar-refractivity contribution in [2.24, 2.45) is 0 Å². The van der Waals surface area contributed by atoms with Gasteiger partial charge in [-0.3, -0.25) is 4.18 Å². The molecule has 80 valence electrons. The van der Waals surface area contributed by atoms with Gasteiger partial charge in [0.2, 0.25) is 0 Å². The molecule has 1 aromatic rings. The zero-order valence-corrected chi connectivity index (χ0v) is 11.1. The Balaban J connectivity index is 2.72. The maximum atomic E-state index is 10.8. The fourth-order valence-corrected chi connectivity index (χ4v) is 2.92. The van der Waals surface area contributed by atoms with Crippen molar-refractivity contribution in [3.05, 3.63) is 20.3 Å². The van der Waals surface area contributed by atoms with E-state index in [-0.39, 0.29) is 6.61 Å². The first-order valence-corrected chi connectivity index (χ1v) is 7.46. The van der Waals surface area contributed by atoms with Crippen molar-refractivity contribution in [2.75, 3.05) is 6.26 Å². The lowest BCUT2D eigenvalue weighted by molar-refractivity contribution is 0.311. The molecule has 3 nitrogen and oxygen atoms in total. The average Bonchev–Trinajstić information content (AvgIpc) is 2.42. The normalized spacial score (nSPS) is 11.9. The van der Waals surface area contributed by atoms with Crippen molar-refractivity contribution in [3.63, 3.8) is 0 Å². The first-order chi connectivity index (χ1) is 6.42. The quantitative estimate of drug-likeness (QED) is 0.803. The van der Waals surface area contributed by atoms with Gasteiger partial charge in [0.1, 0.15) is 0 Å². The van der Waals surface area contributed by atoms with E-state index in [0.29, 0.717) is 0 Å². The highest BCUT2D eigenvalue weighted by molar-refractivity contribution is 9.11. The molecule has 14 heavy (non-hydrogen) atoms. The second-order valence-corrected chi connectivity index (χ2v) is 6.93. The molecule has 1 rings (SSSR count). The van der Waals surface area contributed by atoms with Gasteiger partial charge in [-0.2, -0.15) is 8.42 Å². The van der Waals surface area contributed by atoms with E-state index in [2.05, 4.69) is 22.9 Å². The summed E-state index contributed by atoms with van der Waals surface area (Å²) in [6, 6.07) is 1.96. The van der Waals surface area contributed by atoms with Crippen molar-refractivity contribution in [1.29, 1.82) is 0 Å². The first-order valence-electron chi connectivity index (χ1n) is 4.04. The van der Waals surface area contributed by atoms with Crippen molar-refractivity contribution in [1.82, 2.24) is 0 Å². The molecule has 0 unspecified atom stereocenters. The zero-order chi connectivity index (χ0) is 10.8. The van der Waals surface area contributed by atoms with Crippen LogP contribution in [0.15, 0.2) is 9.85 Å². The van der Waals surface area contributed by atoms with Gasteiger partial charge >= 0.3 is 0 Å². The summed E-state index contributed by atoms with van der Waals surface area (Å²) >= 11 is 4.98. The third-order valence-corrected chi connectivity index (χ3v) is 4.24. The zero-order valence-electron chi connectivity index (χ0n) is 7.91. The topological polar surface area (TPSA) is 43.4 Å². The molecule has 0 aliphatic carbocycles. The van der Waals surface area contributed by atoms with Crippen LogP contribution in [0.3, 0.4) is 0 Å². The summed E-state index contributed by atoms with van der Waals surface area (Å²) in [4.78, 5) is 1.21. The summed E-state index contributed by atoms with van der Waals surface area (Å²) in [6.07, 6.45) is 2.00. The lowest BCUT2D eigenvalue weighted by atomic mass is 10.3. The van der Waals surface area contributed by atoms with E-state index in [1.807, 2.05) is 6.07 Å². The van der Waals surface area contributed by atoms with E-state index in [4.69, 9.17) is 4.18 Å². The largest absolute Gasteiger partial charge is 0.265 e. The maximum Gasteiger partial charge on any atom is 0.264 e. The minimum absolute atomic E-state index is 0.107. The molecule has 0 fully saturated rings. The van der Waals surface area contributed by atoms with Crippen LogP contribution in [0.5, 0.6) is 0 Å². The SMILES string of the molecule is CCc1cc(COS(C)(=O)=O)c(Br)s1. The first kappa shape index (κ1) is 12.2. The molecule has 0 aliphatic rings. The van der Waals surface area contributed by atoms with Crippen LogP contribution in [-0.4, -0.2) is 14.7 Å². The Bertz CT molecular complexity index is 408. The summed E-state index contributed by atoms with van der Waals surface area (Å²) in [6.45, 7) is 2.16. The summed E-state index contributed by atoms with van der Waals surface area (Å²) < 4.78 is 27.2. The van der Waals surface area contributed by atoms with Gasteiger partial charge in [-0.15, -0.1) is 11.3 Å². The number of halogens is 1. The molecule has 0 bridgehead atoms. The molecule has 6 heteroatoms. The Morgan fingerprint density at radius 2 is 2.21 bits per heavy atom. The third-order valence-electron chi connectivity index (χ3n) is 1.59. The molecule has 0 aliphatic heterocycles. The minimum Gasteiger partial charge on any atom is -0.265 e. The van der Waals surface area contributed by atoms with Crippen molar-refractivity contribution in [2.45, 2.75) is 20.0 Å². The highest BCUT2D eigenvalue weighted by atomic mass is 79.9. The summed E-state index contributed by atoms with van der Waals surface area (Å²) in [7, 11) is -3.35. The van der Waals surface area contributed by atoms with Crippen LogP contribution in [-0.2, 0) is 27.3 Å². The molecule has 0 saturated heterocycles. The molecule has 0 amide bonds. The second-order valence-electron chi connectivity index (χ2n) is 2.83. The molecular formula is C8H11BrO3S2. The summed E-state index contributed by atoms with van der Waals surface area (Å²) in [5, 5.41) is 0. The molecule has 0 atom stereocenters. The van der Waals surface area contributed by atoms with Crippen LogP contribution < -0.4 is 0 Å². The van der Waals surface area contributed by atoms with Gasteiger partial charge in [0.15, 0.2) is 0 Å². The fraction of sp³-hybridized carbons (Fsp3) is 0.500. The van der Waals surface area contributed by atoms with Crippen molar-refractivity contribution in [3.8, 4) is 0 Å². The van der Waals surface area contributed by atoms with Gasteiger partial charge in [-0.25, -0.2) is 0 Å². The lowest BCUT2D eigenvalue weighted by Crippen LogP contribution is -2.02. The fourth-order valence-electron chi connectivity index (χ4n) is 0.904. The summed E-state index contributed by atoms with van der Waals surface area (Å²) in [5.41, 5.74) is 0.886. The third kappa shape index (κ3) is 3.68. The van der Waals surface area contributed by atoms with E-state index in [1.165, 1.54) is 4.88 Å². The lowest BCUT2D eigenvalue weighted by Gasteiger charge is -1.98. The standard InChI is InChI=1S/C8H11BrO3S2/c1-3-7-4-6(8(9)13-7)5-12-14(2,10)11/h4H,3,5H2,1-2H3. The van der Waals surface area contributed by atoms with Crippen molar-refractivity contribution >= 4 is 37.4 Å². The predicted octanol–water partition coefficient (Wildman–Crippen LogP) is 2.55. The van der Waals surface area contributed by atoms with Crippen LogP contribution in [0.1, 0.15) is 17.4 Å². The number of rotatable bonds is 4. The van der Waals surface area contributed by atoms with Gasteiger partial charge < -0.3 is 0 Å².